The molecule has 4 rings (SSSR count). The fourth-order valence-corrected chi connectivity index (χ4v) is 4.15. The van der Waals surface area contributed by atoms with Crippen LogP contribution in [0.2, 0.25) is 5.02 Å². The third-order valence-electron chi connectivity index (χ3n) is 5.74. The van der Waals surface area contributed by atoms with E-state index in [1.54, 1.807) is 12.4 Å². The van der Waals surface area contributed by atoms with Crippen molar-refractivity contribution in [3.63, 3.8) is 0 Å². The van der Waals surface area contributed by atoms with Gasteiger partial charge in [-0.3, -0.25) is 5.32 Å². The first-order valence-electron chi connectivity index (χ1n) is 11.4. The molecular formula is C23H31ClN6O3. The first-order chi connectivity index (χ1) is 15.7. The highest BCUT2D eigenvalue weighted by Crippen LogP contribution is 2.39. The van der Waals surface area contributed by atoms with Crippen molar-refractivity contribution in [2.24, 2.45) is 0 Å². The molecule has 10 heteroatoms. The van der Waals surface area contributed by atoms with Crippen LogP contribution in [0, 0.1) is 0 Å². The predicted octanol–water partition coefficient (Wildman–Crippen LogP) is 4.76. The molecule has 0 bridgehead atoms. The van der Waals surface area contributed by atoms with Gasteiger partial charge < -0.3 is 19.9 Å². The van der Waals surface area contributed by atoms with Gasteiger partial charge in [-0.25, -0.2) is 19.6 Å². The maximum Gasteiger partial charge on any atom is 0.407 e. The molecule has 0 atom stereocenters. The van der Waals surface area contributed by atoms with Crippen molar-refractivity contribution in [1.82, 2.24) is 25.2 Å². The minimum atomic E-state index is -0.520. The van der Waals surface area contributed by atoms with Crippen molar-refractivity contribution in [3.05, 3.63) is 35.5 Å². The smallest absolute Gasteiger partial charge is 0.407 e. The van der Waals surface area contributed by atoms with Crippen LogP contribution in [0.4, 0.5) is 15.4 Å². The zero-order valence-electron chi connectivity index (χ0n) is 19.2. The van der Waals surface area contributed by atoms with E-state index in [-0.39, 0.29) is 18.1 Å². The van der Waals surface area contributed by atoms with Crippen LogP contribution in [0.3, 0.4) is 0 Å². The molecule has 178 valence electrons. The molecule has 2 aromatic rings. The van der Waals surface area contributed by atoms with Crippen molar-refractivity contribution in [2.75, 3.05) is 5.32 Å². The lowest BCUT2D eigenvalue weighted by Crippen LogP contribution is -2.46. The Labute approximate surface area is 198 Å². The number of hydrogen-bond donors (Lipinski definition) is 3. The molecule has 0 saturated heterocycles. The quantitative estimate of drug-likeness (QED) is 0.578. The number of nitrogens with zero attached hydrogens (tertiary/aromatic N) is 3. The number of hydrogen-bond acceptors (Lipinski definition) is 5. The predicted molar refractivity (Wildman–Crippen MR) is 126 cm³/mol. The lowest BCUT2D eigenvalue weighted by atomic mass is 9.91. The van der Waals surface area contributed by atoms with E-state index < -0.39 is 11.7 Å². The number of halogens is 1. The second-order valence-electron chi connectivity index (χ2n) is 9.79. The number of amides is 3. The Hall–Kier alpha value is -2.81. The van der Waals surface area contributed by atoms with E-state index in [1.807, 2.05) is 31.5 Å². The number of pyridine rings is 1. The molecule has 33 heavy (non-hydrogen) atoms. The number of nitrogens with one attached hydrogen (secondary N) is 3. The van der Waals surface area contributed by atoms with E-state index in [2.05, 4.69) is 25.9 Å². The van der Waals surface area contributed by atoms with Gasteiger partial charge in [-0.1, -0.05) is 11.6 Å². The normalized spacial score (nSPS) is 20.7. The molecular weight excluding hydrogens is 444 g/mol. The number of carbonyl (C=O) groups excluding carboxylic acids is 2. The first kappa shape index (κ1) is 23.4. The summed E-state index contributed by atoms with van der Waals surface area (Å²) in [4.78, 5) is 33.2. The number of aromatic nitrogens is 3. The second kappa shape index (κ2) is 9.59. The van der Waals surface area contributed by atoms with Crippen LogP contribution in [0.25, 0.3) is 5.69 Å². The van der Waals surface area contributed by atoms with Crippen LogP contribution < -0.4 is 16.0 Å². The third-order valence-corrected chi connectivity index (χ3v) is 6.03. The summed E-state index contributed by atoms with van der Waals surface area (Å²) in [6, 6.07) is 1.51. The van der Waals surface area contributed by atoms with Gasteiger partial charge in [0.2, 0.25) is 0 Å². The highest BCUT2D eigenvalue weighted by atomic mass is 35.5. The minimum absolute atomic E-state index is 0.0307. The zero-order chi connectivity index (χ0) is 23.6. The topological polar surface area (TPSA) is 110 Å². The fourth-order valence-electron chi connectivity index (χ4n) is 3.95. The highest BCUT2D eigenvalue weighted by molar-refractivity contribution is 6.32. The maximum atomic E-state index is 12.5. The largest absolute Gasteiger partial charge is 0.444 e. The molecule has 0 spiro atoms. The molecule has 2 saturated carbocycles. The van der Waals surface area contributed by atoms with Crippen LogP contribution in [-0.2, 0) is 4.74 Å². The molecule has 2 aliphatic rings. The van der Waals surface area contributed by atoms with Crippen LogP contribution >= 0.6 is 11.6 Å². The molecule has 0 unspecified atom stereocenters. The van der Waals surface area contributed by atoms with Gasteiger partial charge in [-0.15, -0.1) is 0 Å². The molecule has 2 aromatic heterocycles. The maximum absolute atomic E-state index is 12.5. The average molecular weight is 475 g/mol. The van der Waals surface area contributed by atoms with Crippen LogP contribution in [0.5, 0.6) is 0 Å². The Morgan fingerprint density at radius 1 is 1.06 bits per heavy atom. The summed E-state index contributed by atoms with van der Waals surface area (Å²) >= 11 is 6.33. The average Bonchev–Trinajstić information content (AvgIpc) is 3.46. The van der Waals surface area contributed by atoms with E-state index in [0.717, 1.165) is 37.1 Å². The molecule has 2 heterocycles. The van der Waals surface area contributed by atoms with E-state index in [4.69, 9.17) is 16.3 Å². The van der Waals surface area contributed by atoms with Gasteiger partial charge in [-0.2, -0.15) is 0 Å². The van der Waals surface area contributed by atoms with Crippen molar-refractivity contribution in [1.29, 1.82) is 0 Å². The minimum Gasteiger partial charge on any atom is -0.444 e. The van der Waals surface area contributed by atoms with Gasteiger partial charge in [0.25, 0.3) is 0 Å². The molecule has 2 aliphatic carbocycles. The number of anilines is 1. The number of urea groups is 1. The van der Waals surface area contributed by atoms with E-state index in [0.29, 0.717) is 16.8 Å². The van der Waals surface area contributed by atoms with Crippen molar-refractivity contribution in [2.45, 2.75) is 82.9 Å². The Kier molecular flexibility index (Phi) is 6.78. The molecule has 0 radical (unpaired) electrons. The number of ether oxygens (including phenoxy) is 1. The SMILES string of the molecule is CC(C)(C)OC(=O)NC1CCC(NC(=O)Nc2cc(-n3cnc(C4CC4)c3)c(Cl)cn2)CC1. The monoisotopic (exact) mass is 474 g/mol. The summed E-state index contributed by atoms with van der Waals surface area (Å²) in [5.74, 6) is 0.957. The third kappa shape index (κ3) is 6.60. The lowest BCUT2D eigenvalue weighted by Gasteiger charge is -2.30. The van der Waals surface area contributed by atoms with Gasteiger partial charge in [0.05, 0.1) is 28.9 Å². The summed E-state index contributed by atoms with van der Waals surface area (Å²) < 4.78 is 7.17. The van der Waals surface area contributed by atoms with Crippen molar-refractivity contribution in [3.8, 4) is 5.69 Å². The van der Waals surface area contributed by atoms with Gasteiger partial charge in [0.1, 0.15) is 11.4 Å². The van der Waals surface area contributed by atoms with Gasteiger partial charge in [-0.05, 0) is 59.3 Å². The van der Waals surface area contributed by atoms with Gasteiger partial charge in [0.15, 0.2) is 0 Å². The lowest BCUT2D eigenvalue weighted by molar-refractivity contribution is 0.0490. The Balaban J connectivity index is 1.27. The van der Waals surface area contributed by atoms with Crippen LogP contribution in [0.15, 0.2) is 24.8 Å². The number of rotatable bonds is 5. The van der Waals surface area contributed by atoms with Gasteiger partial charge >= 0.3 is 12.1 Å². The zero-order valence-corrected chi connectivity index (χ0v) is 20.0. The Morgan fingerprint density at radius 3 is 2.36 bits per heavy atom. The second-order valence-corrected chi connectivity index (χ2v) is 10.2. The Morgan fingerprint density at radius 2 is 1.73 bits per heavy atom. The molecule has 2 fully saturated rings. The summed E-state index contributed by atoms with van der Waals surface area (Å²) in [6.45, 7) is 5.52. The number of imidazole rings is 1. The molecule has 0 aromatic carbocycles. The summed E-state index contributed by atoms with van der Waals surface area (Å²) in [7, 11) is 0. The molecule has 3 amide bonds. The van der Waals surface area contributed by atoms with Crippen LogP contribution in [-0.4, -0.2) is 44.3 Å². The van der Waals surface area contributed by atoms with Crippen LogP contribution in [0.1, 0.15) is 70.9 Å². The summed E-state index contributed by atoms with van der Waals surface area (Å²) in [6.07, 6.45) is 10.3. The molecule has 9 nitrogen and oxygen atoms in total. The standard InChI is InChI=1S/C23H31ClN6O3/c1-23(2,3)33-22(32)28-16-8-6-15(7-9-16)27-21(31)29-20-10-19(17(24)11-25-20)30-12-18(26-13-30)14-4-5-14/h10-16H,4-9H2,1-3H3,(H,28,32)(H2,25,27,29,31). The van der Waals surface area contributed by atoms with E-state index in [1.165, 1.54) is 19.0 Å². The molecule has 0 aliphatic heterocycles. The van der Waals surface area contributed by atoms with E-state index in [9.17, 15) is 9.59 Å². The summed E-state index contributed by atoms with van der Waals surface area (Å²) in [5.41, 5.74) is 1.26. The summed E-state index contributed by atoms with van der Waals surface area (Å²) in [5, 5.41) is 9.18. The van der Waals surface area contributed by atoms with E-state index >= 15 is 0 Å². The number of carbonyl (C=O) groups is 2. The first-order valence-corrected chi connectivity index (χ1v) is 11.8. The van der Waals surface area contributed by atoms with Gasteiger partial charge in [0, 0.05) is 30.3 Å². The Bertz CT molecular complexity index is 1010. The fraction of sp³-hybridized carbons (Fsp3) is 0.565. The highest BCUT2D eigenvalue weighted by Gasteiger charge is 2.27. The molecule has 3 N–H and O–H groups in total. The van der Waals surface area contributed by atoms with Crippen molar-refractivity contribution >= 4 is 29.5 Å². The number of alkyl carbamates (subject to hydrolysis) is 1. The van der Waals surface area contributed by atoms with Crippen molar-refractivity contribution < 1.29 is 14.3 Å².